The third-order valence-electron chi connectivity index (χ3n) is 20.3. The van der Waals surface area contributed by atoms with E-state index in [0.717, 1.165) is 129 Å². The van der Waals surface area contributed by atoms with Gasteiger partial charge in [-0.05, 0) is 218 Å². The van der Waals surface area contributed by atoms with E-state index in [1.165, 1.54) is 68.7 Å². The van der Waals surface area contributed by atoms with Crippen LogP contribution in [0.3, 0.4) is 0 Å². The maximum Gasteiger partial charge on any atom is 0.303 e. The second kappa shape index (κ2) is 51.9. The summed E-state index contributed by atoms with van der Waals surface area (Å²) in [6.45, 7) is 25.8. The Balaban J connectivity index is 1.19. The molecule has 4 aliphatic heterocycles. The van der Waals surface area contributed by atoms with Crippen LogP contribution in [-0.4, -0.2) is 212 Å². The van der Waals surface area contributed by atoms with Crippen molar-refractivity contribution in [1.82, 2.24) is 5.32 Å². The zero-order valence-corrected chi connectivity index (χ0v) is 71.0. The van der Waals surface area contributed by atoms with Crippen LogP contribution in [0.5, 0.6) is 0 Å². The lowest BCUT2D eigenvalue weighted by molar-refractivity contribution is -0.372. The SMILES string of the molecule is CC(=O)NC1C(OP(=O)([O-])OP(=O)([O-])OC/C=C(\C)CC/C=C(\C)CC/C=C(\C)CC/C=C(\C)CC/C=C(\C)CC/C=C(\C)CC/C=C(\C)CC/C=C(\C)CC/C=C(\C)CC/C=C(\C)CCC=C(C)C)OC(CO)C(O)C1OC1OC(C)C(O)C(OC2OC(COC3OC(C(O)CO)C(O)C3O)C(O)C(O)C2O)C1OC(C)=O. The van der Waals surface area contributed by atoms with Crippen LogP contribution in [0.2, 0.25) is 0 Å². The number of phosphoric ester groups is 2. The summed E-state index contributed by atoms with van der Waals surface area (Å²) in [6.07, 6.45) is 9.49. The van der Waals surface area contributed by atoms with Gasteiger partial charge in [0.25, 0.3) is 15.6 Å². The monoisotopic (exact) mass is 1640 g/mol. The number of phosphoric acid groups is 2. The minimum absolute atomic E-state index is 0.517. The number of aliphatic hydroxyl groups is 10. The first-order valence-corrected chi connectivity index (χ1v) is 42.7. The molecule has 4 aliphatic rings. The molecular weight excluding hydrogens is 1500 g/mol. The molecular formula is C83H135NO27P2-2. The summed E-state index contributed by atoms with van der Waals surface area (Å²) >= 11 is 0. The van der Waals surface area contributed by atoms with Crippen molar-refractivity contribution in [2.24, 2.45) is 0 Å². The van der Waals surface area contributed by atoms with Crippen LogP contribution in [0.25, 0.3) is 0 Å². The van der Waals surface area contributed by atoms with E-state index in [1.54, 1.807) is 6.92 Å². The Morgan fingerprint density at radius 2 is 0.823 bits per heavy atom. The highest BCUT2D eigenvalue weighted by Gasteiger charge is 2.56. The van der Waals surface area contributed by atoms with Gasteiger partial charge in [-0.2, -0.15) is 0 Å². The van der Waals surface area contributed by atoms with Gasteiger partial charge >= 0.3 is 5.97 Å². The van der Waals surface area contributed by atoms with Crippen molar-refractivity contribution in [3.63, 3.8) is 0 Å². The standard InChI is InChI=1S/C83H137NO27P2/c1-51(2)26-16-27-52(3)28-17-29-53(4)30-18-31-54(5)32-19-33-55(6)34-20-35-56(7)36-21-37-57(8)38-22-39-58(9)40-23-41-59(10)42-24-43-60(11)44-25-45-61(12)46-47-102-112(97,98)111-113(99,100)110-80-68(84-63(14)87)77(71(92)66(49-86)105-80)108-83-79(104-64(15)88)78(69(90)62(13)103-83)109-82-74(95)72(93)70(91)67(106-82)50-101-81-75(96)73(94)76(107-81)65(89)48-85/h26,28,30,32,34,36,38,40,42,44,46,62,65-83,85-86,89-96H,16-25,27,29,31,33,35,37,39,41,43,45,47-50H2,1-15H3,(H,84,87)(H,97,98)(H,99,100)/p-2/b52-28+,53-30+,54-32+,55-34+,56-36+,57-38+,58-40+,59-42+,60-44+,61-46+. The molecule has 0 saturated carbocycles. The van der Waals surface area contributed by atoms with Crippen molar-refractivity contribution in [1.29, 1.82) is 0 Å². The highest BCUT2D eigenvalue weighted by molar-refractivity contribution is 7.59. The number of ether oxygens (including phenoxy) is 8. The normalized spacial score (nSPS) is 30.5. The first-order chi connectivity index (χ1) is 53.2. The van der Waals surface area contributed by atoms with Crippen molar-refractivity contribution in [2.45, 2.75) is 355 Å². The topological polar surface area (TPSA) is 430 Å². The van der Waals surface area contributed by atoms with Crippen molar-refractivity contribution in [3.05, 3.63) is 128 Å². The molecule has 4 heterocycles. The number of carbonyl (C=O) groups is 2. The summed E-state index contributed by atoms with van der Waals surface area (Å²) in [5.41, 5.74) is 14.8. The number of nitrogens with one attached hydrogen (secondary N) is 1. The summed E-state index contributed by atoms with van der Waals surface area (Å²) in [7, 11) is -11.9. The molecule has 4 fully saturated rings. The molecule has 30 heteroatoms. The van der Waals surface area contributed by atoms with Crippen molar-refractivity contribution < 1.29 is 131 Å². The molecule has 28 nitrogen and oxygen atoms in total. The molecule has 0 aromatic carbocycles. The first-order valence-electron chi connectivity index (χ1n) is 39.8. The van der Waals surface area contributed by atoms with Gasteiger partial charge in [0.15, 0.2) is 31.3 Å². The molecule has 0 bridgehead atoms. The number of carbonyl (C=O) groups excluding carboxylic acids is 2. The van der Waals surface area contributed by atoms with Gasteiger partial charge in [-0.25, -0.2) is 4.31 Å². The Bertz CT molecular complexity index is 3370. The summed E-state index contributed by atoms with van der Waals surface area (Å²) in [4.78, 5) is 51.9. The molecule has 22 unspecified atom stereocenters. The number of amides is 1. The molecule has 1 amide bonds. The van der Waals surface area contributed by atoms with E-state index >= 15 is 0 Å². The lowest BCUT2D eigenvalue weighted by Crippen LogP contribution is -2.68. The Labute approximate surface area is 670 Å². The molecule has 646 valence electrons. The van der Waals surface area contributed by atoms with E-state index in [1.807, 2.05) is 6.92 Å². The molecule has 22 atom stereocenters. The van der Waals surface area contributed by atoms with Crippen molar-refractivity contribution >= 4 is 27.5 Å². The van der Waals surface area contributed by atoms with Gasteiger partial charge < -0.3 is 109 Å². The van der Waals surface area contributed by atoms with Crippen molar-refractivity contribution in [2.75, 3.05) is 26.4 Å². The second-order valence-corrected chi connectivity index (χ2v) is 33.9. The zero-order chi connectivity index (χ0) is 84.3. The second-order valence-electron chi connectivity index (χ2n) is 31.0. The summed E-state index contributed by atoms with van der Waals surface area (Å²) < 4.78 is 86.2. The Morgan fingerprint density at radius 3 is 1.21 bits per heavy atom. The molecule has 0 radical (unpaired) electrons. The Morgan fingerprint density at radius 1 is 0.434 bits per heavy atom. The molecule has 4 saturated heterocycles. The molecule has 113 heavy (non-hydrogen) atoms. The lowest BCUT2D eigenvalue weighted by Gasteiger charge is -2.49. The zero-order valence-electron chi connectivity index (χ0n) is 69.2. The quantitative estimate of drug-likeness (QED) is 0.0153. The lowest BCUT2D eigenvalue weighted by atomic mass is 9.95. The van der Waals surface area contributed by atoms with E-state index < -0.39 is 177 Å². The fourth-order valence-corrected chi connectivity index (χ4v) is 15.3. The maximum absolute atomic E-state index is 13.4. The van der Waals surface area contributed by atoms with Gasteiger partial charge in [0.2, 0.25) is 5.91 Å². The molecule has 0 spiro atoms. The van der Waals surface area contributed by atoms with Crippen LogP contribution >= 0.6 is 15.6 Å². The molecule has 0 aliphatic carbocycles. The van der Waals surface area contributed by atoms with Gasteiger partial charge in [-0.15, -0.1) is 0 Å². The molecule has 11 N–H and O–H groups in total. The van der Waals surface area contributed by atoms with Gasteiger partial charge in [0.1, 0.15) is 85.4 Å². The third-order valence-corrected chi connectivity index (χ3v) is 22.8. The fourth-order valence-electron chi connectivity index (χ4n) is 13.3. The van der Waals surface area contributed by atoms with Gasteiger partial charge in [0.05, 0.1) is 32.5 Å². The maximum atomic E-state index is 13.4. The van der Waals surface area contributed by atoms with Crippen LogP contribution in [-0.2, 0) is 70.0 Å². The summed E-state index contributed by atoms with van der Waals surface area (Å²) in [5.74, 6) is -2.03. The van der Waals surface area contributed by atoms with Gasteiger partial charge in [-0.3, -0.25) is 23.2 Å². The number of hydrogen-bond donors (Lipinski definition) is 11. The predicted molar refractivity (Wildman–Crippen MR) is 424 cm³/mol. The number of rotatable bonds is 49. The van der Waals surface area contributed by atoms with Crippen LogP contribution in [0.15, 0.2) is 128 Å². The average molecular weight is 1640 g/mol. The highest BCUT2D eigenvalue weighted by atomic mass is 31.3. The van der Waals surface area contributed by atoms with Crippen LogP contribution < -0.4 is 15.1 Å². The van der Waals surface area contributed by atoms with Crippen LogP contribution in [0, 0.1) is 0 Å². The minimum Gasteiger partial charge on any atom is -0.756 e. The number of allylic oxidation sites excluding steroid dienone is 21. The number of hydrogen-bond acceptors (Lipinski definition) is 27. The van der Waals surface area contributed by atoms with E-state index in [9.17, 15) is 79.6 Å². The van der Waals surface area contributed by atoms with Crippen LogP contribution in [0.1, 0.15) is 232 Å². The summed E-state index contributed by atoms with van der Waals surface area (Å²) in [5, 5.41) is 109. The van der Waals surface area contributed by atoms with Crippen LogP contribution in [0.4, 0.5) is 0 Å². The average Bonchev–Trinajstić information content (AvgIpc) is 1.41. The van der Waals surface area contributed by atoms with E-state index in [0.29, 0.717) is 18.4 Å². The van der Waals surface area contributed by atoms with E-state index in [2.05, 4.69) is 140 Å². The van der Waals surface area contributed by atoms with Crippen molar-refractivity contribution in [3.8, 4) is 0 Å². The summed E-state index contributed by atoms with van der Waals surface area (Å²) in [6, 6.07) is -1.99. The Hall–Kier alpha value is -4.34. The number of esters is 1. The molecule has 0 aromatic rings. The van der Waals surface area contributed by atoms with E-state index in [4.69, 9.17) is 46.9 Å². The van der Waals surface area contributed by atoms with E-state index in [-0.39, 0.29) is 0 Å². The van der Waals surface area contributed by atoms with Gasteiger partial charge in [-0.1, -0.05) is 128 Å². The van der Waals surface area contributed by atoms with Gasteiger partial charge in [0, 0.05) is 13.8 Å². The number of aliphatic hydroxyl groups excluding tert-OH is 10. The Kier molecular flexibility index (Phi) is 46.4. The largest absolute Gasteiger partial charge is 0.756 e. The molecule has 0 aromatic heterocycles. The predicted octanol–water partition coefficient (Wildman–Crippen LogP) is 10.2. The smallest absolute Gasteiger partial charge is 0.303 e. The molecule has 4 rings (SSSR count). The first kappa shape index (κ1) is 101. The fraction of sp³-hybridized carbons (Fsp3) is 0.711. The minimum atomic E-state index is -6.13. The highest BCUT2D eigenvalue weighted by Crippen LogP contribution is 2.57. The third kappa shape index (κ3) is 37.7.